The summed E-state index contributed by atoms with van der Waals surface area (Å²) in [4.78, 5) is 5.79. The molecule has 0 aromatic carbocycles. The van der Waals surface area contributed by atoms with Crippen LogP contribution in [0, 0.1) is 0 Å². The summed E-state index contributed by atoms with van der Waals surface area (Å²) in [6.07, 6.45) is -4.43. The van der Waals surface area contributed by atoms with Crippen molar-refractivity contribution in [1.82, 2.24) is 4.98 Å². The second-order valence-electron chi connectivity index (χ2n) is 5.05. The zero-order chi connectivity index (χ0) is 14.3. The Labute approximate surface area is 114 Å². The molecule has 1 aliphatic heterocycles. The molecule has 0 amide bonds. The van der Waals surface area contributed by atoms with Crippen molar-refractivity contribution in [3.63, 3.8) is 0 Å². The molecule has 1 fully saturated rings. The van der Waals surface area contributed by atoms with Gasteiger partial charge >= 0.3 is 6.18 Å². The highest BCUT2D eigenvalue weighted by Gasteiger charge is 2.35. The van der Waals surface area contributed by atoms with Gasteiger partial charge in [0.05, 0.1) is 24.3 Å². The molecule has 1 aliphatic rings. The SMILES string of the molecule is CC1(C)COCCN1c1cc(C(F)(F)F)cc(Cl)n1. The Bertz CT molecular complexity index is 477. The molecule has 7 heteroatoms. The van der Waals surface area contributed by atoms with E-state index in [4.69, 9.17) is 16.3 Å². The number of pyridine rings is 1. The van der Waals surface area contributed by atoms with E-state index in [1.807, 2.05) is 13.8 Å². The molecule has 0 spiro atoms. The van der Waals surface area contributed by atoms with E-state index in [0.29, 0.717) is 19.8 Å². The van der Waals surface area contributed by atoms with Crippen LogP contribution >= 0.6 is 11.6 Å². The minimum Gasteiger partial charge on any atom is -0.377 e. The molecule has 1 aromatic heterocycles. The highest BCUT2D eigenvalue weighted by molar-refractivity contribution is 6.29. The van der Waals surface area contributed by atoms with Gasteiger partial charge in [0.1, 0.15) is 11.0 Å². The average Bonchev–Trinajstić information content (AvgIpc) is 2.26. The zero-order valence-electron chi connectivity index (χ0n) is 10.6. The first kappa shape index (κ1) is 14.4. The Hall–Kier alpha value is -1.01. The second-order valence-corrected chi connectivity index (χ2v) is 5.44. The van der Waals surface area contributed by atoms with Crippen molar-refractivity contribution in [2.75, 3.05) is 24.7 Å². The number of anilines is 1. The van der Waals surface area contributed by atoms with Gasteiger partial charge in [-0.25, -0.2) is 4.98 Å². The van der Waals surface area contributed by atoms with Crippen molar-refractivity contribution in [2.24, 2.45) is 0 Å². The van der Waals surface area contributed by atoms with Crippen LogP contribution in [-0.2, 0) is 10.9 Å². The number of aromatic nitrogens is 1. The van der Waals surface area contributed by atoms with Gasteiger partial charge in [0.15, 0.2) is 0 Å². The minimum atomic E-state index is -4.43. The fourth-order valence-corrected chi connectivity index (χ4v) is 2.27. The molecule has 0 N–H and O–H groups in total. The first-order valence-electron chi connectivity index (χ1n) is 5.80. The summed E-state index contributed by atoms with van der Waals surface area (Å²) in [5, 5.41) is -0.160. The second kappa shape index (κ2) is 4.83. The number of alkyl halides is 3. The van der Waals surface area contributed by atoms with Gasteiger partial charge in [-0.15, -0.1) is 0 Å². The fourth-order valence-electron chi connectivity index (χ4n) is 2.07. The van der Waals surface area contributed by atoms with Gasteiger partial charge < -0.3 is 9.64 Å². The maximum atomic E-state index is 12.8. The van der Waals surface area contributed by atoms with Crippen molar-refractivity contribution >= 4 is 17.4 Å². The predicted octanol–water partition coefficient (Wildman–Crippen LogP) is 3.37. The molecular weight excluding hydrogens is 281 g/mol. The van der Waals surface area contributed by atoms with Crippen molar-refractivity contribution in [3.05, 3.63) is 22.8 Å². The molecule has 0 bridgehead atoms. The number of morpholine rings is 1. The van der Waals surface area contributed by atoms with E-state index in [1.54, 1.807) is 4.90 Å². The topological polar surface area (TPSA) is 25.4 Å². The van der Waals surface area contributed by atoms with E-state index in [2.05, 4.69) is 4.98 Å². The molecule has 0 unspecified atom stereocenters. The van der Waals surface area contributed by atoms with Crippen LogP contribution in [-0.4, -0.2) is 30.3 Å². The molecule has 0 radical (unpaired) electrons. The van der Waals surface area contributed by atoms with E-state index >= 15 is 0 Å². The molecule has 0 aliphatic carbocycles. The summed E-state index contributed by atoms with van der Waals surface area (Å²) in [6.45, 7) is 5.16. The van der Waals surface area contributed by atoms with E-state index < -0.39 is 17.3 Å². The first-order valence-corrected chi connectivity index (χ1v) is 6.18. The molecule has 19 heavy (non-hydrogen) atoms. The van der Waals surface area contributed by atoms with Crippen molar-refractivity contribution in [2.45, 2.75) is 25.6 Å². The van der Waals surface area contributed by atoms with E-state index in [9.17, 15) is 13.2 Å². The van der Waals surface area contributed by atoms with Crippen molar-refractivity contribution < 1.29 is 17.9 Å². The number of halogens is 4. The summed E-state index contributed by atoms with van der Waals surface area (Å²) in [7, 11) is 0. The number of nitrogens with zero attached hydrogens (tertiary/aromatic N) is 2. The Morgan fingerprint density at radius 3 is 2.63 bits per heavy atom. The van der Waals surface area contributed by atoms with Gasteiger partial charge in [-0.05, 0) is 26.0 Å². The number of hydrogen-bond donors (Lipinski definition) is 0. The molecule has 106 valence electrons. The van der Waals surface area contributed by atoms with Crippen LogP contribution in [0.15, 0.2) is 12.1 Å². The summed E-state index contributed by atoms with van der Waals surface area (Å²) in [6, 6.07) is 1.86. The molecule has 1 saturated heterocycles. The maximum Gasteiger partial charge on any atom is 0.416 e. The van der Waals surface area contributed by atoms with Crippen LogP contribution in [0.1, 0.15) is 19.4 Å². The number of rotatable bonds is 1. The van der Waals surface area contributed by atoms with Crippen molar-refractivity contribution in [1.29, 1.82) is 0 Å². The third-order valence-electron chi connectivity index (χ3n) is 3.03. The Balaban J connectivity index is 2.42. The van der Waals surface area contributed by atoms with Gasteiger partial charge in [0, 0.05) is 6.54 Å². The Morgan fingerprint density at radius 1 is 1.37 bits per heavy atom. The normalized spacial score (nSPS) is 19.6. The third-order valence-corrected chi connectivity index (χ3v) is 3.22. The van der Waals surface area contributed by atoms with E-state index in [1.165, 1.54) is 0 Å². The lowest BCUT2D eigenvalue weighted by atomic mass is 10.0. The minimum absolute atomic E-state index is 0.160. The smallest absolute Gasteiger partial charge is 0.377 e. The summed E-state index contributed by atoms with van der Waals surface area (Å²) >= 11 is 5.70. The van der Waals surface area contributed by atoms with Crippen LogP contribution in [0.3, 0.4) is 0 Å². The highest BCUT2D eigenvalue weighted by Crippen LogP contribution is 2.34. The number of hydrogen-bond acceptors (Lipinski definition) is 3. The van der Waals surface area contributed by atoms with Crippen LogP contribution in [0.25, 0.3) is 0 Å². The maximum absolute atomic E-state index is 12.8. The monoisotopic (exact) mass is 294 g/mol. The largest absolute Gasteiger partial charge is 0.416 e. The van der Waals surface area contributed by atoms with Crippen LogP contribution in [0.5, 0.6) is 0 Å². The lowest BCUT2D eigenvalue weighted by molar-refractivity contribution is -0.137. The summed E-state index contributed by atoms with van der Waals surface area (Å²) in [5.74, 6) is 0.230. The van der Waals surface area contributed by atoms with Gasteiger partial charge in [-0.1, -0.05) is 11.6 Å². The lowest BCUT2D eigenvalue weighted by Gasteiger charge is -2.43. The van der Waals surface area contributed by atoms with Crippen LogP contribution in [0.4, 0.5) is 19.0 Å². The van der Waals surface area contributed by atoms with Crippen LogP contribution in [0.2, 0.25) is 5.15 Å². The Kier molecular flexibility index (Phi) is 3.66. The van der Waals surface area contributed by atoms with Crippen LogP contribution < -0.4 is 4.90 Å². The van der Waals surface area contributed by atoms with E-state index in [0.717, 1.165) is 12.1 Å². The molecule has 1 aromatic rings. The summed E-state index contributed by atoms with van der Waals surface area (Å²) < 4.78 is 43.7. The molecule has 0 atom stereocenters. The molecule has 2 rings (SSSR count). The van der Waals surface area contributed by atoms with Gasteiger partial charge in [0.25, 0.3) is 0 Å². The first-order chi connectivity index (χ1) is 8.70. The Morgan fingerprint density at radius 2 is 2.05 bits per heavy atom. The average molecular weight is 295 g/mol. The lowest BCUT2D eigenvalue weighted by Crippen LogP contribution is -2.53. The van der Waals surface area contributed by atoms with Crippen molar-refractivity contribution in [3.8, 4) is 0 Å². The highest BCUT2D eigenvalue weighted by atomic mass is 35.5. The molecular formula is C12H14ClF3N2O. The molecule has 0 saturated carbocycles. The van der Waals surface area contributed by atoms with Gasteiger partial charge in [-0.3, -0.25) is 0 Å². The van der Waals surface area contributed by atoms with Gasteiger partial charge in [0.2, 0.25) is 0 Å². The quantitative estimate of drug-likeness (QED) is 0.743. The molecule has 3 nitrogen and oxygen atoms in total. The predicted molar refractivity (Wildman–Crippen MR) is 66.5 cm³/mol. The fraction of sp³-hybridized carbons (Fsp3) is 0.583. The van der Waals surface area contributed by atoms with Gasteiger partial charge in [-0.2, -0.15) is 13.2 Å². The zero-order valence-corrected chi connectivity index (χ0v) is 11.3. The standard InChI is InChI=1S/C12H14ClF3N2O/c1-11(2)7-19-4-3-18(11)10-6-8(12(14,15)16)5-9(13)17-10/h5-6H,3-4,7H2,1-2H3. The summed E-state index contributed by atoms with van der Waals surface area (Å²) in [5.41, 5.74) is -1.21. The number of ether oxygens (including phenoxy) is 1. The third kappa shape index (κ3) is 3.12. The van der Waals surface area contributed by atoms with E-state index in [-0.39, 0.29) is 11.0 Å². The molecule has 2 heterocycles.